The van der Waals surface area contributed by atoms with E-state index in [-0.39, 0.29) is 27.5 Å². The van der Waals surface area contributed by atoms with Crippen molar-refractivity contribution >= 4 is 63.9 Å². The number of ether oxygens (including phenoxy) is 1. The molecular formula is C34H32Cl4F4N6O3. The van der Waals surface area contributed by atoms with Crippen molar-refractivity contribution < 1.29 is 31.9 Å². The Balaban J connectivity index is 0.000000198. The molecule has 6 rings (SSSR count). The first-order valence-electron chi connectivity index (χ1n) is 15.5. The number of halogens is 8. The van der Waals surface area contributed by atoms with Gasteiger partial charge in [0.05, 0.1) is 17.2 Å². The van der Waals surface area contributed by atoms with Crippen LogP contribution in [-0.4, -0.2) is 44.5 Å². The third-order valence-corrected chi connectivity index (χ3v) is 9.78. The first-order valence-corrected chi connectivity index (χ1v) is 17.0. The molecular weight excluding hydrogens is 758 g/mol. The third-order valence-electron chi connectivity index (χ3n) is 8.78. The second-order valence-corrected chi connectivity index (χ2v) is 13.8. The second kappa shape index (κ2) is 16.0. The van der Waals surface area contributed by atoms with Crippen molar-refractivity contribution in [2.45, 2.75) is 56.6 Å². The molecule has 0 saturated heterocycles. The number of allylic oxidation sites excluding steroid dienone is 1. The smallest absolute Gasteiger partial charge is 0.282 e. The van der Waals surface area contributed by atoms with Crippen molar-refractivity contribution in [3.05, 3.63) is 108 Å². The molecule has 2 aliphatic rings. The molecule has 0 aliphatic heterocycles. The lowest BCUT2D eigenvalue weighted by Crippen LogP contribution is -2.38. The fourth-order valence-corrected chi connectivity index (χ4v) is 7.77. The summed E-state index contributed by atoms with van der Waals surface area (Å²) in [5, 5.41) is 13.6. The Morgan fingerprint density at radius 1 is 0.902 bits per heavy atom. The Hall–Kier alpha value is -3.62. The van der Waals surface area contributed by atoms with Crippen LogP contribution in [0.1, 0.15) is 99.4 Å². The van der Waals surface area contributed by atoms with Crippen LogP contribution in [-0.2, 0) is 18.8 Å². The van der Waals surface area contributed by atoms with Crippen molar-refractivity contribution in [1.82, 2.24) is 24.9 Å². The van der Waals surface area contributed by atoms with Gasteiger partial charge in [-0.25, -0.2) is 17.6 Å². The van der Waals surface area contributed by atoms with Crippen LogP contribution in [0.4, 0.5) is 23.2 Å². The Morgan fingerprint density at radius 3 is 2.04 bits per heavy atom. The quantitative estimate of drug-likeness (QED) is 0.165. The maximum atomic E-state index is 13.1. The molecule has 0 radical (unpaired) electrons. The van der Waals surface area contributed by atoms with Gasteiger partial charge in [-0.3, -0.25) is 19.0 Å². The minimum absolute atomic E-state index is 0.0555. The second-order valence-electron chi connectivity index (χ2n) is 12.0. The van der Waals surface area contributed by atoms with Gasteiger partial charge >= 0.3 is 0 Å². The molecule has 2 N–H and O–H groups in total. The van der Waals surface area contributed by atoms with E-state index >= 15 is 0 Å². The highest BCUT2D eigenvalue weighted by molar-refractivity contribution is 6.56. The number of nitrogens with zero attached hydrogens (tertiary/aromatic N) is 4. The zero-order chi connectivity index (χ0) is 37.3. The molecule has 17 heteroatoms. The van der Waals surface area contributed by atoms with E-state index in [9.17, 15) is 27.2 Å². The van der Waals surface area contributed by atoms with Crippen molar-refractivity contribution in [2.24, 2.45) is 14.1 Å². The topological polar surface area (TPSA) is 103 Å². The minimum atomic E-state index is -2.85. The van der Waals surface area contributed by atoms with E-state index in [0.717, 1.165) is 29.5 Å². The van der Waals surface area contributed by atoms with Crippen LogP contribution >= 0.6 is 46.4 Å². The molecule has 0 spiro atoms. The number of aryl methyl sites for hydroxylation is 2. The zero-order valence-electron chi connectivity index (χ0n) is 27.5. The molecule has 4 atom stereocenters. The van der Waals surface area contributed by atoms with E-state index in [1.165, 1.54) is 43.0 Å². The summed E-state index contributed by atoms with van der Waals surface area (Å²) in [4.78, 5) is 25.0. The van der Waals surface area contributed by atoms with Crippen LogP contribution in [0.25, 0.3) is 0 Å². The van der Waals surface area contributed by atoms with Gasteiger partial charge in [-0.1, -0.05) is 64.6 Å². The van der Waals surface area contributed by atoms with Crippen molar-refractivity contribution in [1.29, 1.82) is 0 Å². The molecule has 1 saturated carbocycles. The lowest BCUT2D eigenvalue weighted by Gasteiger charge is -2.25. The molecule has 2 amide bonds. The number of hydrogen-bond donors (Lipinski definition) is 2. The van der Waals surface area contributed by atoms with E-state index in [0.29, 0.717) is 21.3 Å². The summed E-state index contributed by atoms with van der Waals surface area (Å²) in [5.41, 5.74) is 2.89. The van der Waals surface area contributed by atoms with Crippen LogP contribution < -0.4 is 10.6 Å². The number of aromatic nitrogens is 4. The first kappa shape index (κ1) is 38.6. The van der Waals surface area contributed by atoms with Gasteiger partial charge in [0, 0.05) is 66.7 Å². The lowest BCUT2D eigenvalue weighted by molar-refractivity contribution is 0.0641. The summed E-state index contributed by atoms with van der Waals surface area (Å²) in [6, 6.07) is 9.98. The largest absolute Gasteiger partial charge is 0.375 e. The van der Waals surface area contributed by atoms with Gasteiger partial charge in [-0.15, -0.1) is 0 Å². The Labute approximate surface area is 310 Å². The third kappa shape index (κ3) is 8.07. The number of methoxy groups -OCH3 is 1. The molecule has 2 aromatic heterocycles. The fraction of sp³-hybridized carbons (Fsp3) is 0.353. The molecule has 2 aliphatic carbocycles. The number of rotatable bonds is 9. The van der Waals surface area contributed by atoms with Gasteiger partial charge < -0.3 is 15.4 Å². The van der Waals surface area contributed by atoms with Gasteiger partial charge in [-0.05, 0) is 54.7 Å². The Morgan fingerprint density at radius 2 is 1.49 bits per heavy atom. The zero-order valence-corrected chi connectivity index (χ0v) is 30.6. The van der Waals surface area contributed by atoms with E-state index in [2.05, 4.69) is 20.8 Å². The molecule has 2 bridgehead atoms. The molecule has 2 unspecified atom stereocenters. The van der Waals surface area contributed by atoms with Crippen molar-refractivity contribution in [2.75, 3.05) is 12.4 Å². The lowest BCUT2D eigenvalue weighted by atomic mass is 9.90. The van der Waals surface area contributed by atoms with Gasteiger partial charge in [0.1, 0.15) is 22.0 Å². The highest BCUT2D eigenvalue weighted by Crippen LogP contribution is 2.60. The van der Waals surface area contributed by atoms with E-state index < -0.39 is 48.2 Å². The fourth-order valence-electron chi connectivity index (χ4n) is 6.72. The van der Waals surface area contributed by atoms with Crippen LogP contribution in [0.15, 0.2) is 58.9 Å². The average Bonchev–Trinajstić information content (AvgIpc) is 3.84. The molecule has 4 aromatic rings. The first-order chi connectivity index (χ1) is 24.1. The van der Waals surface area contributed by atoms with Crippen LogP contribution in [0.2, 0.25) is 10.0 Å². The number of amides is 2. The Bertz CT molecular complexity index is 1980. The maximum Gasteiger partial charge on any atom is 0.282 e. The van der Waals surface area contributed by atoms with E-state index in [1.54, 1.807) is 31.2 Å². The van der Waals surface area contributed by atoms with Crippen LogP contribution in [0.5, 0.6) is 0 Å². The van der Waals surface area contributed by atoms with E-state index in [4.69, 9.17) is 51.1 Å². The molecule has 2 heterocycles. The standard InChI is InChI=1S/C18H15Cl2F2N3O.C16H17Cl2F2N3O2/c1-25-7-11(15(24-25)17(21)22)18(26)23-12-4-2-3-8-9-5-6-10(13(8)12)14(9)16(19)20;1-8(14(25-3)10-5-4-9(17)6-12(10)18)21-16(24)11-7-23(2)22-13(11)15(19)20/h2-4,7,9-10,17H,5-6H2,1H3,(H,23,26);4-8,14-15H,1-3H3,(H,21,24)/t9-,10+;/m1./s1. The van der Waals surface area contributed by atoms with Gasteiger partial charge in [0.2, 0.25) is 0 Å². The number of carbonyl (C=O) groups excluding carboxylic acids is 2. The van der Waals surface area contributed by atoms with Gasteiger partial charge in [0.25, 0.3) is 24.7 Å². The summed E-state index contributed by atoms with van der Waals surface area (Å²) in [6.07, 6.45) is -1.84. The number of benzene rings is 2. The average molecular weight is 790 g/mol. The highest BCUT2D eigenvalue weighted by atomic mass is 35.5. The SMILES string of the molecule is COC(c1ccc(Cl)cc1Cl)C(C)NC(=O)c1cn(C)nc1C(F)F.Cn1cc(C(=O)Nc2cccc3c2[C@@H]2CC[C@H]3C2=C(Cl)Cl)c(C(F)F)n1. The summed E-state index contributed by atoms with van der Waals surface area (Å²) in [7, 11) is 4.44. The maximum absolute atomic E-state index is 13.1. The molecule has 51 heavy (non-hydrogen) atoms. The van der Waals surface area contributed by atoms with Crippen molar-refractivity contribution in [3.8, 4) is 0 Å². The molecule has 272 valence electrons. The summed E-state index contributed by atoms with van der Waals surface area (Å²) >= 11 is 24.2. The monoisotopic (exact) mass is 788 g/mol. The number of nitrogens with one attached hydrogen (secondary N) is 2. The van der Waals surface area contributed by atoms with Gasteiger partial charge in [0.15, 0.2) is 0 Å². The Kier molecular flexibility index (Phi) is 12.1. The van der Waals surface area contributed by atoms with Crippen LogP contribution in [0.3, 0.4) is 0 Å². The van der Waals surface area contributed by atoms with E-state index in [1.807, 2.05) is 12.1 Å². The predicted molar refractivity (Wildman–Crippen MR) is 187 cm³/mol. The normalized spacial score (nSPS) is 17.3. The number of fused-ring (bicyclic) bond motifs is 5. The highest BCUT2D eigenvalue weighted by Gasteiger charge is 2.44. The van der Waals surface area contributed by atoms with Gasteiger partial charge in [-0.2, -0.15) is 10.2 Å². The number of hydrogen-bond acceptors (Lipinski definition) is 5. The minimum Gasteiger partial charge on any atom is -0.375 e. The summed E-state index contributed by atoms with van der Waals surface area (Å²) < 4.78 is 60.4. The number of carbonyl (C=O) groups is 2. The summed E-state index contributed by atoms with van der Waals surface area (Å²) in [6.45, 7) is 1.69. The molecule has 2 aromatic carbocycles. The molecule has 9 nitrogen and oxygen atoms in total. The number of anilines is 1. The predicted octanol–water partition coefficient (Wildman–Crippen LogP) is 9.44. The van der Waals surface area contributed by atoms with Crippen molar-refractivity contribution in [3.63, 3.8) is 0 Å². The van der Waals surface area contributed by atoms with Crippen LogP contribution in [0, 0.1) is 0 Å². The molecule has 1 fully saturated rings. The summed E-state index contributed by atoms with van der Waals surface area (Å²) in [5.74, 6) is -1.05. The number of alkyl halides is 4.